The number of hydrogen-bond donors (Lipinski definition) is 1. The number of aryl methyl sites for hydroxylation is 1. The summed E-state index contributed by atoms with van der Waals surface area (Å²) < 4.78 is 2.23. The molecule has 1 saturated heterocycles. The summed E-state index contributed by atoms with van der Waals surface area (Å²) in [5, 5.41) is 4.39. The third-order valence-corrected chi connectivity index (χ3v) is 6.12. The number of nitrogens with zero attached hydrogens (tertiary/aromatic N) is 2. The summed E-state index contributed by atoms with van der Waals surface area (Å²) in [5.74, 6) is 1.02. The summed E-state index contributed by atoms with van der Waals surface area (Å²) in [4.78, 5) is 3.72. The molecule has 3 nitrogen and oxygen atoms in total. The van der Waals surface area contributed by atoms with Gasteiger partial charge in [-0.05, 0) is 49.3 Å². The number of likely N-dealkylation sites (tertiary alicyclic amines) is 1. The van der Waals surface area contributed by atoms with Gasteiger partial charge in [0, 0.05) is 42.7 Å². The Kier molecular flexibility index (Phi) is 6.82. The van der Waals surface area contributed by atoms with Gasteiger partial charge in [0.2, 0.25) is 0 Å². The number of thioether (sulfide) groups is 1. The van der Waals surface area contributed by atoms with Crippen LogP contribution in [0.2, 0.25) is 0 Å². The van der Waals surface area contributed by atoms with Gasteiger partial charge in [0.25, 0.3) is 0 Å². The van der Waals surface area contributed by atoms with Crippen molar-refractivity contribution in [1.29, 1.82) is 0 Å². The average Bonchev–Trinajstić information content (AvgIpc) is 2.91. The fourth-order valence-electron chi connectivity index (χ4n) is 3.42. The second kappa shape index (κ2) is 9.30. The largest absolute Gasteiger partial charge is 0.362 e. The maximum absolute atomic E-state index is 5.75. The lowest BCUT2D eigenvalue weighted by Crippen LogP contribution is -2.43. The molecular formula is C20H27N3S2. The van der Waals surface area contributed by atoms with E-state index in [1.54, 1.807) is 0 Å². The zero-order valence-corrected chi connectivity index (χ0v) is 16.5. The summed E-state index contributed by atoms with van der Waals surface area (Å²) in [6.07, 6.45) is 7.11. The highest BCUT2D eigenvalue weighted by Crippen LogP contribution is 2.30. The minimum absolute atomic E-state index is 0.393. The Hall–Kier alpha value is -1.46. The SMILES string of the molecule is Cn1cccc1[C@@H]1CCCCCN1C(=S)NCCSc1ccccc1. The zero-order valence-electron chi connectivity index (χ0n) is 14.9. The topological polar surface area (TPSA) is 20.2 Å². The molecule has 25 heavy (non-hydrogen) atoms. The molecule has 0 amide bonds. The van der Waals surface area contributed by atoms with Gasteiger partial charge >= 0.3 is 0 Å². The Labute approximate surface area is 160 Å². The van der Waals surface area contributed by atoms with Crippen molar-refractivity contribution in [3.63, 3.8) is 0 Å². The number of thiocarbonyl (C=S) groups is 1. The Balaban J connectivity index is 1.55. The minimum atomic E-state index is 0.393. The molecule has 0 spiro atoms. The van der Waals surface area contributed by atoms with E-state index >= 15 is 0 Å². The summed E-state index contributed by atoms with van der Waals surface area (Å²) in [6.45, 7) is 1.95. The normalized spacial score (nSPS) is 18.0. The predicted octanol–water partition coefficient (Wildman–Crippen LogP) is 4.61. The molecule has 1 atom stereocenters. The molecule has 0 saturated carbocycles. The van der Waals surface area contributed by atoms with E-state index in [2.05, 4.69) is 70.5 Å². The molecule has 3 rings (SSSR count). The predicted molar refractivity (Wildman–Crippen MR) is 111 cm³/mol. The van der Waals surface area contributed by atoms with Crippen molar-refractivity contribution in [3.8, 4) is 0 Å². The van der Waals surface area contributed by atoms with Crippen molar-refractivity contribution in [1.82, 2.24) is 14.8 Å². The lowest BCUT2D eigenvalue weighted by Gasteiger charge is -2.33. The quantitative estimate of drug-likeness (QED) is 0.469. The highest BCUT2D eigenvalue weighted by molar-refractivity contribution is 7.99. The Morgan fingerprint density at radius 1 is 1.16 bits per heavy atom. The standard InChI is InChI=1S/C20H27N3S2/c1-22-14-8-12-18(22)19-11-6-3-7-15-23(19)20(24)21-13-16-25-17-9-4-2-5-10-17/h2,4-5,8-10,12,14,19H,3,6-7,11,13,15-16H2,1H3,(H,21,24)/t19-/m0/s1. The number of nitrogens with one attached hydrogen (secondary N) is 1. The number of benzene rings is 1. The van der Waals surface area contributed by atoms with E-state index in [1.807, 2.05) is 11.8 Å². The molecule has 1 aliphatic rings. The van der Waals surface area contributed by atoms with Crippen LogP contribution in [0.5, 0.6) is 0 Å². The summed E-state index contributed by atoms with van der Waals surface area (Å²) in [7, 11) is 2.13. The van der Waals surface area contributed by atoms with Crippen LogP contribution in [0.3, 0.4) is 0 Å². The Morgan fingerprint density at radius 3 is 2.76 bits per heavy atom. The molecule has 2 aromatic rings. The first kappa shape index (κ1) is 18.3. The Bertz CT molecular complexity index is 669. The maximum atomic E-state index is 5.75. The molecule has 0 aliphatic carbocycles. The Morgan fingerprint density at radius 2 is 2.00 bits per heavy atom. The van der Waals surface area contributed by atoms with Crippen molar-refractivity contribution in [3.05, 3.63) is 54.4 Å². The first-order valence-corrected chi connectivity index (χ1v) is 10.5. The van der Waals surface area contributed by atoms with Gasteiger partial charge < -0.3 is 14.8 Å². The van der Waals surface area contributed by atoms with E-state index < -0.39 is 0 Å². The van der Waals surface area contributed by atoms with Gasteiger partial charge in [-0.2, -0.15) is 0 Å². The molecule has 1 aliphatic heterocycles. The zero-order chi connectivity index (χ0) is 17.5. The van der Waals surface area contributed by atoms with Crippen LogP contribution in [0.25, 0.3) is 0 Å². The molecule has 1 fully saturated rings. The van der Waals surface area contributed by atoms with Crippen LogP contribution < -0.4 is 5.32 Å². The number of hydrogen-bond acceptors (Lipinski definition) is 2. The smallest absolute Gasteiger partial charge is 0.169 e. The van der Waals surface area contributed by atoms with Crippen LogP contribution >= 0.6 is 24.0 Å². The van der Waals surface area contributed by atoms with Gasteiger partial charge in [0.1, 0.15) is 0 Å². The molecule has 1 aromatic carbocycles. The first-order valence-electron chi connectivity index (χ1n) is 9.09. The molecule has 134 valence electrons. The molecular weight excluding hydrogens is 346 g/mol. The molecule has 1 aromatic heterocycles. The molecule has 0 bridgehead atoms. The van der Waals surface area contributed by atoms with E-state index in [4.69, 9.17) is 12.2 Å². The summed E-state index contributed by atoms with van der Waals surface area (Å²) in [6, 6.07) is 15.3. The van der Waals surface area contributed by atoms with Crippen molar-refractivity contribution in [2.24, 2.45) is 7.05 Å². The van der Waals surface area contributed by atoms with E-state index in [9.17, 15) is 0 Å². The number of aromatic nitrogens is 1. The molecule has 1 N–H and O–H groups in total. The van der Waals surface area contributed by atoms with Crippen LogP contribution in [0, 0.1) is 0 Å². The van der Waals surface area contributed by atoms with Gasteiger partial charge in [0.15, 0.2) is 5.11 Å². The second-order valence-electron chi connectivity index (χ2n) is 6.50. The summed E-state index contributed by atoms with van der Waals surface area (Å²) in [5.41, 5.74) is 1.37. The van der Waals surface area contributed by atoms with E-state index in [-0.39, 0.29) is 0 Å². The van der Waals surface area contributed by atoms with Gasteiger partial charge in [-0.15, -0.1) is 11.8 Å². The van der Waals surface area contributed by atoms with Crippen molar-refractivity contribution < 1.29 is 0 Å². The average molecular weight is 374 g/mol. The molecule has 2 heterocycles. The van der Waals surface area contributed by atoms with Crippen molar-refractivity contribution in [2.45, 2.75) is 36.6 Å². The van der Waals surface area contributed by atoms with Gasteiger partial charge in [-0.1, -0.05) is 31.0 Å². The van der Waals surface area contributed by atoms with Crippen LogP contribution in [-0.2, 0) is 7.05 Å². The van der Waals surface area contributed by atoms with Crippen LogP contribution in [0.15, 0.2) is 53.6 Å². The monoisotopic (exact) mass is 373 g/mol. The fourth-order valence-corrected chi connectivity index (χ4v) is 4.53. The maximum Gasteiger partial charge on any atom is 0.169 e. The lowest BCUT2D eigenvalue weighted by molar-refractivity contribution is 0.307. The van der Waals surface area contributed by atoms with E-state index in [0.717, 1.165) is 24.0 Å². The van der Waals surface area contributed by atoms with Gasteiger partial charge in [-0.25, -0.2) is 0 Å². The van der Waals surface area contributed by atoms with Crippen LogP contribution in [0.1, 0.15) is 37.4 Å². The third kappa shape index (κ3) is 5.02. The molecule has 0 unspecified atom stereocenters. The number of rotatable bonds is 5. The van der Waals surface area contributed by atoms with Crippen molar-refractivity contribution in [2.75, 3.05) is 18.8 Å². The third-order valence-electron chi connectivity index (χ3n) is 4.73. The lowest BCUT2D eigenvalue weighted by atomic mass is 10.1. The van der Waals surface area contributed by atoms with E-state index in [0.29, 0.717) is 6.04 Å². The second-order valence-corrected chi connectivity index (χ2v) is 8.05. The highest BCUT2D eigenvalue weighted by Gasteiger charge is 2.26. The fraction of sp³-hybridized carbons (Fsp3) is 0.450. The van der Waals surface area contributed by atoms with Gasteiger partial charge in [-0.3, -0.25) is 0 Å². The summed E-state index contributed by atoms with van der Waals surface area (Å²) >= 11 is 7.62. The van der Waals surface area contributed by atoms with Crippen LogP contribution in [0.4, 0.5) is 0 Å². The van der Waals surface area contributed by atoms with Crippen LogP contribution in [-0.4, -0.2) is 33.4 Å². The molecule has 5 heteroatoms. The van der Waals surface area contributed by atoms with Crippen molar-refractivity contribution >= 4 is 29.1 Å². The minimum Gasteiger partial charge on any atom is -0.362 e. The van der Waals surface area contributed by atoms with Gasteiger partial charge in [0.05, 0.1) is 6.04 Å². The van der Waals surface area contributed by atoms with E-state index in [1.165, 1.54) is 36.3 Å². The molecule has 0 radical (unpaired) electrons. The highest BCUT2D eigenvalue weighted by atomic mass is 32.2. The first-order chi connectivity index (χ1) is 12.3.